The minimum atomic E-state index is -0.979. The number of carboxylic acid groups (broad SMARTS) is 1. The van der Waals surface area contributed by atoms with E-state index < -0.39 is 5.97 Å². The number of benzene rings is 1. The third-order valence-corrected chi connectivity index (χ3v) is 2.86. The van der Waals surface area contributed by atoms with Gasteiger partial charge in [-0.05, 0) is 37.6 Å². The van der Waals surface area contributed by atoms with E-state index in [0.29, 0.717) is 12.2 Å². The second kappa shape index (κ2) is 5.06. The lowest BCUT2D eigenvalue weighted by Crippen LogP contribution is -2.26. The summed E-state index contributed by atoms with van der Waals surface area (Å²) in [6.45, 7) is 3.92. The molecule has 2 rings (SSSR count). The minimum absolute atomic E-state index is 0.211. The van der Waals surface area contributed by atoms with Crippen LogP contribution >= 0.6 is 0 Å². The second-order valence-electron chi connectivity index (χ2n) is 4.41. The van der Waals surface area contributed by atoms with Gasteiger partial charge < -0.3 is 5.11 Å². The molecule has 0 spiro atoms. The summed E-state index contributed by atoms with van der Waals surface area (Å²) in [5.74, 6) is -0.979. The Morgan fingerprint density at radius 3 is 2.68 bits per heavy atom. The Balaban J connectivity index is 2.39. The van der Waals surface area contributed by atoms with Crippen molar-refractivity contribution in [2.45, 2.75) is 20.4 Å². The Labute approximate surface area is 110 Å². The maximum Gasteiger partial charge on any atom is 0.348 e. The standard InChI is InChI=1S/C14H14N2O3/c1-9-6-10(2)16(14(19)15-9)8-11-4-3-5-12(7-11)13(17)18/h3-7H,8H2,1-2H3,(H,17,18). The zero-order valence-electron chi connectivity index (χ0n) is 10.8. The van der Waals surface area contributed by atoms with E-state index in [1.165, 1.54) is 10.6 Å². The van der Waals surface area contributed by atoms with Crippen LogP contribution in [0.5, 0.6) is 0 Å². The first kappa shape index (κ1) is 13.0. The Morgan fingerprint density at radius 2 is 2.05 bits per heavy atom. The van der Waals surface area contributed by atoms with Crippen molar-refractivity contribution in [1.29, 1.82) is 0 Å². The molecule has 5 heteroatoms. The highest BCUT2D eigenvalue weighted by Gasteiger charge is 2.07. The number of aromatic carboxylic acids is 1. The van der Waals surface area contributed by atoms with Crippen molar-refractivity contribution >= 4 is 5.97 Å². The largest absolute Gasteiger partial charge is 0.478 e. The molecule has 5 nitrogen and oxygen atoms in total. The molecule has 1 heterocycles. The van der Waals surface area contributed by atoms with Crippen LogP contribution in [0.25, 0.3) is 0 Å². The summed E-state index contributed by atoms with van der Waals surface area (Å²) < 4.78 is 1.52. The molecule has 19 heavy (non-hydrogen) atoms. The maximum absolute atomic E-state index is 11.8. The molecule has 98 valence electrons. The van der Waals surface area contributed by atoms with Gasteiger partial charge in [0.15, 0.2) is 0 Å². The quantitative estimate of drug-likeness (QED) is 0.907. The molecule has 0 radical (unpaired) electrons. The van der Waals surface area contributed by atoms with E-state index in [2.05, 4.69) is 4.98 Å². The molecule has 1 N–H and O–H groups in total. The van der Waals surface area contributed by atoms with Crippen LogP contribution in [0.4, 0.5) is 0 Å². The highest BCUT2D eigenvalue weighted by Crippen LogP contribution is 2.08. The number of nitrogens with zero attached hydrogens (tertiary/aromatic N) is 2. The molecule has 1 aromatic carbocycles. The van der Waals surface area contributed by atoms with Crippen LogP contribution in [0.2, 0.25) is 0 Å². The molecule has 0 bridgehead atoms. The van der Waals surface area contributed by atoms with Crippen molar-refractivity contribution in [1.82, 2.24) is 9.55 Å². The average Bonchev–Trinajstić information content (AvgIpc) is 2.34. The number of hydrogen-bond acceptors (Lipinski definition) is 3. The van der Waals surface area contributed by atoms with Gasteiger partial charge >= 0.3 is 11.7 Å². The van der Waals surface area contributed by atoms with E-state index in [-0.39, 0.29) is 11.3 Å². The molecule has 0 aliphatic heterocycles. The Hall–Kier alpha value is -2.43. The maximum atomic E-state index is 11.8. The van der Waals surface area contributed by atoms with Crippen LogP contribution < -0.4 is 5.69 Å². The molecule has 0 saturated carbocycles. The van der Waals surface area contributed by atoms with Gasteiger partial charge in [-0.25, -0.2) is 9.59 Å². The SMILES string of the molecule is Cc1cc(C)n(Cc2cccc(C(=O)O)c2)c(=O)n1. The molecular formula is C14H14N2O3. The summed E-state index contributed by atoms with van der Waals surface area (Å²) in [6.07, 6.45) is 0. The highest BCUT2D eigenvalue weighted by atomic mass is 16.4. The fraction of sp³-hybridized carbons (Fsp3) is 0.214. The van der Waals surface area contributed by atoms with Crippen LogP contribution in [0.15, 0.2) is 35.1 Å². The van der Waals surface area contributed by atoms with Gasteiger partial charge in [0.05, 0.1) is 12.1 Å². The average molecular weight is 258 g/mol. The van der Waals surface area contributed by atoms with Gasteiger partial charge in [-0.15, -0.1) is 0 Å². The molecule has 0 saturated heterocycles. The second-order valence-corrected chi connectivity index (χ2v) is 4.41. The number of rotatable bonds is 3. The minimum Gasteiger partial charge on any atom is -0.478 e. The van der Waals surface area contributed by atoms with Crippen LogP contribution in [-0.2, 0) is 6.54 Å². The smallest absolute Gasteiger partial charge is 0.348 e. The van der Waals surface area contributed by atoms with Gasteiger partial charge in [0.25, 0.3) is 0 Å². The van der Waals surface area contributed by atoms with E-state index >= 15 is 0 Å². The molecule has 0 unspecified atom stereocenters. The van der Waals surface area contributed by atoms with Gasteiger partial charge in [0.2, 0.25) is 0 Å². The van der Waals surface area contributed by atoms with Gasteiger partial charge in [-0.1, -0.05) is 12.1 Å². The highest BCUT2D eigenvalue weighted by molar-refractivity contribution is 5.87. The van der Waals surface area contributed by atoms with Crippen molar-refractivity contribution in [3.05, 3.63) is 63.3 Å². The predicted molar refractivity (Wildman–Crippen MR) is 70.5 cm³/mol. The van der Waals surface area contributed by atoms with E-state index in [9.17, 15) is 9.59 Å². The molecular weight excluding hydrogens is 244 g/mol. The van der Waals surface area contributed by atoms with Gasteiger partial charge in [-0.2, -0.15) is 4.98 Å². The van der Waals surface area contributed by atoms with Crippen molar-refractivity contribution in [2.24, 2.45) is 0 Å². The van der Waals surface area contributed by atoms with E-state index in [4.69, 9.17) is 5.11 Å². The molecule has 0 aliphatic carbocycles. The summed E-state index contributed by atoms with van der Waals surface area (Å²) in [5.41, 5.74) is 2.13. The third-order valence-electron chi connectivity index (χ3n) is 2.86. The van der Waals surface area contributed by atoms with Crippen LogP contribution in [0.3, 0.4) is 0 Å². The fourth-order valence-electron chi connectivity index (χ4n) is 1.95. The topological polar surface area (TPSA) is 72.2 Å². The van der Waals surface area contributed by atoms with Crippen LogP contribution in [0, 0.1) is 13.8 Å². The Morgan fingerprint density at radius 1 is 1.32 bits per heavy atom. The van der Waals surface area contributed by atoms with E-state index in [1.54, 1.807) is 25.1 Å². The predicted octanol–water partition coefficient (Wildman–Crippen LogP) is 1.61. The number of carbonyl (C=O) groups is 1. The first-order valence-electron chi connectivity index (χ1n) is 5.84. The fourth-order valence-corrected chi connectivity index (χ4v) is 1.95. The van der Waals surface area contributed by atoms with Crippen LogP contribution in [0.1, 0.15) is 27.3 Å². The zero-order valence-corrected chi connectivity index (χ0v) is 10.8. The summed E-state index contributed by atoms with van der Waals surface area (Å²) >= 11 is 0. The molecule has 0 atom stereocenters. The third kappa shape index (κ3) is 2.88. The van der Waals surface area contributed by atoms with Gasteiger partial charge in [0, 0.05) is 11.4 Å². The number of carboxylic acids is 1. The lowest BCUT2D eigenvalue weighted by Gasteiger charge is -2.10. The van der Waals surface area contributed by atoms with E-state index in [0.717, 1.165) is 11.3 Å². The normalized spacial score (nSPS) is 10.4. The van der Waals surface area contributed by atoms with Crippen molar-refractivity contribution < 1.29 is 9.90 Å². The summed E-state index contributed by atoms with van der Waals surface area (Å²) in [5, 5.41) is 8.94. The molecule has 1 aromatic heterocycles. The van der Waals surface area contributed by atoms with Crippen molar-refractivity contribution in [2.75, 3.05) is 0 Å². The molecule has 0 amide bonds. The first-order chi connectivity index (χ1) is 8.97. The lowest BCUT2D eigenvalue weighted by atomic mass is 10.1. The van der Waals surface area contributed by atoms with Gasteiger partial charge in [-0.3, -0.25) is 4.57 Å². The molecule has 2 aromatic rings. The first-order valence-corrected chi connectivity index (χ1v) is 5.84. The summed E-state index contributed by atoms with van der Waals surface area (Å²) in [7, 11) is 0. The molecule has 0 fully saturated rings. The zero-order chi connectivity index (χ0) is 14.0. The van der Waals surface area contributed by atoms with Crippen molar-refractivity contribution in [3.63, 3.8) is 0 Å². The van der Waals surface area contributed by atoms with Crippen LogP contribution in [-0.4, -0.2) is 20.6 Å². The van der Waals surface area contributed by atoms with Crippen molar-refractivity contribution in [3.8, 4) is 0 Å². The number of aryl methyl sites for hydroxylation is 2. The van der Waals surface area contributed by atoms with E-state index in [1.807, 2.05) is 13.0 Å². The Bertz CT molecular complexity index is 689. The monoisotopic (exact) mass is 258 g/mol. The lowest BCUT2D eigenvalue weighted by molar-refractivity contribution is 0.0696. The Kier molecular flexibility index (Phi) is 3.46. The summed E-state index contributed by atoms with van der Waals surface area (Å²) in [6, 6.07) is 8.37. The number of aromatic nitrogens is 2. The van der Waals surface area contributed by atoms with Gasteiger partial charge in [0.1, 0.15) is 0 Å². The number of hydrogen-bond donors (Lipinski definition) is 1. The summed E-state index contributed by atoms with van der Waals surface area (Å²) in [4.78, 5) is 26.6. The molecule has 0 aliphatic rings.